The second-order valence-corrected chi connectivity index (χ2v) is 9.26. The Morgan fingerprint density at radius 1 is 1.06 bits per heavy atom. The number of amidine groups is 1. The van der Waals surface area contributed by atoms with Gasteiger partial charge in [-0.15, -0.1) is 0 Å². The van der Waals surface area contributed by atoms with Crippen LogP contribution in [0, 0.1) is 6.92 Å². The van der Waals surface area contributed by atoms with E-state index < -0.39 is 11.6 Å². The van der Waals surface area contributed by atoms with Crippen LogP contribution in [0.3, 0.4) is 0 Å². The van der Waals surface area contributed by atoms with Crippen LogP contribution in [0.4, 0.5) is 5.69 Å². The van der Waals surface area contributed by atoms with Gasteiger partial charge in [0.1, 0.15) is 12.3 Å². The van der Waals surface area contributed by atoms with Gasteiger partial charge in [0.15, 0.2) is 0 Å². The summed E-state index contributed by atoms with van der Waals surface area (Å²) in [5.74, 6) is -0.510. The van der Waals surface area contributed by atoms with Crippen molar-refractivity contribution in [3.63, 3.8) is 0 Å². The van der Waals surface area contributed by atoms with Crippen LogP contribution in [0.25, 0.3) is 0 Å². The first-order chi connectivity index (χ1) is 16.9. The minimum atomic E-state index is -0.830. The molecule has 2 atom stereocenters. The SMILES string of the molecule is Cc1ccc(COC(=O)C2=NN[C@@]3(C)CN([C@@H](C)c4ccccc4)C(=O)c4ccccc4N23)cc1. The van der Waals surface area contributed by atoms with Crippen LogP contribution >= 0.6 is 0 Å². The highest BCUT2D eigenvalue weighted by molar-refractivity contribution is 6.42. The first-order valence-corrected chi connectivity index (χ1v) is 11.7. The van der Waals surface area contributed by atoms with Crippen molar-refractivity contribution in [3.8, 4) is 0 Å². The molecule has 5 rings (SSSR count). The molecular formula is C28H28N4O3. The largest absolute Gasteiger partial charge is 0.455 e. The zero-order valence-electron chi connectivity index (χ0n) is 20.1. The van der Waals surface area contributed by atoms with Gasteiger partial charge < -0.3 is 9.64 Å². The molecule has 0 saturated heterocycles. The van der Waals surface area contributed by atoms with Gasteiger partial charge in [-0.1, -0.05) is 72.3 Å². The van der Waals surface area contributed by atoms with Gasteiger partial charge in [0, 0.05) is 0 Å². The number of fused-ring (bicyclic) bond motifs is 3. The molecule has 0 spiro atoms. The summed E-state index contributed by atoms with van der Waals surface area (Å²) in [4.78, 5) is 30.6. The standard InChI is InChI=1S/C28H28N4O3/c1-19-13-15-21(16-14-19)17-35-27(34)25-29-30-28(3)18-31(20(2)22-9-5-4-6-10-22)26(33)23-11-7-8-12-24(23)32(25)28/h4-16,20,30H,17-18H2,1-3H3/t20-,28+/m0/s1. The van der Waals surface area contributed by atoms with Crippen molar-refractivity contribution < 1.29 is 14.3 Å². The second kappa shape index (κ2) is 8.91. The molecule has 3 aromatic rings. The number of hydrogen-bond acceptors (Lipinski definition) is 6. The summed E-state index contributed by atoms with van der Waals surface area (Å²) in [6, 6.07) is 24.9. The lowest BCUT2D eigenvalue weighted by atomic mass is 10.0. The molecule has 7 heteroatoms. The van der Waals surface area contributed by atoms with Crippen molar-refractivity contribution in [1.29, 1.82) is 0 Å². The summed E-state index contributed by atoms with van der Waals surface area (Å²) in [5.41, 5.74) is 6.51. The molecule has 7 nitrogen and oxygen atoms in total. The number of carbonyl (C=O) groups excluding carboxylic acids is 2. The molecule has 178 valence electrons. The predicted octanol–water partition coefficient (Wildman–Crippen LogP) is 4.39. The smallest absolute Gasteiger partial charge is 0.376 e. The number of anilines is 1. The molecule has 2 aliphatic rings. The number of carbonyl (C=O) groups is 2. The van der Waals surface area contributed by atoms with Crippen molar-refractivity contribution in [2.75, 3.05) is 11.4 Å². The Morgan fingerprint density at radius 2 is 1.74 bits per heavy atom. The Hall–Kier alpha value is -4.13. The number of hydrogen-bond donors (Lipinski definition) is 1. The zero-order chi connectivity index (χ0) is 24.6. The molecule has 2 heterocycles. The van der Waals surface area contributed by atoms with E-state index in [0.29, 0.717) is 17.8 Å². The van der Waals surface area contributed by atoms with Crippen molar-refractivity contribution in [2.24, 2.45) is 5.10 Å². The highest BCUT2D eigenvalue weighted by Crippen LogP contribution is 2.37. The third-order valence-electron chi connectivity index (χ3n) is 6.65. The van der Waals surface area contributed by atoms with E-state index in [1.54, 1.807) is 11.0 Å². The first kappa shape index (κ1) is 22.7. The molecule has 0 fully saturated rings. The highest BCUT2D eigenvalue weighted by atomic mass is 16.5. The molecule has 35 heavy (non-hydrogen) atoms. The van der Waals surface area contributed by atoms with Crippen molar-refractivity contribution in [2.45, 2.75) is 39.1 Å². The maximum absolute atomic E-state index is 13.8. The first-order valence-electron chi connectivity index (χ1n) is 11.7. The van der Waals surface area contributed by atoms with Crippen molar-refractivity contribution in [3.05, 3.63) is 101 Å². The number of amides is 1. The van der Waals surface area contributed by atoms with Gasteiger partial charge in [0.05, 0.1) is 23.8 Å². The second-order valence-electron chi connectivity index (χ2n) is 9.26. The number of nitrogens with one attached hydrogen (secondary N) is 1. The maximum Gasteiger partial charge on any atom is 0.376 e. The van der Waals surface area contributed by atoms with E-state index >= 15 is 0 Å². The summed E-state index contributed by atoms with van der Waals surface area (Å²) in [5, 5.41) is 4.39. The van der Waals surface area contributed by atoms with Gasteiger partial charge in [0.2, 0.25) is 5.84 Å². The molecule has 0 unspecified atom stereocenters. The van der Waals surface area contributed by atoms with Crippen molar-refractivity contribution in [1.82, 2.24) is 10.3 Å². The number of nitrogens with zero attached hydrogens (tertiary/aromatic N) is 3. The molecule has 3 aromatic carbocycles. The average molecular weight is 469 g/mol. The Bertz CT molecular complexity index is 1290. The molecule has 0 aliphatic carbocycles. The topological polar surface area (TPSA) is 74.2 Å². The lowest BCUT2D eigenvalue weighted by Gasteiger charge is -2.38. The summed E-state index contributed by atoms with van der Waals surface area (Å²) < 4.78 is 5.62. The lowest BCUT2D eigenvalue weighted by Crippen LogP contribution is -2.59. The molecule has 1 N–H and O–H groups in total. The molecule has 0 saturated carbocycles. The van der Waals surface area contributed by atoms with E-state index in [2.05, 4.69) is 10.5 Å². The normalized spacial score (nSPS) is 19.7. The number of ether oxygens (including phenoxy) is 1. The van der Waals surface area contributed by atoms with Gasteiger partial charge in [-0.2, -0.15) is 5.10 Å². The van der Waals surface area contributed by atoms with E-state index in [9.17, 15) is 9.59 Å². The van der Waals surface area contributed by atoms with Crippen LogP contribution in [0.5, 0.6) is 0 Å². The van der Waals surface area contributed by atoms with E-state index in [4.69, 9.17) is 4.74 Å². The number of aryl methyl sites for hydroxylation is 1. The molecule has 1 amide bonds. The molecule has 0 radical (unpaired) electrons. The Labute approximate surface area is 205 Å². The Balaban J connectivity index is 1.46. The molecule has 0 bridgehead atoms. The fraction of sp³-hybridized carbons (Fsp3) is 0.250. The van der Waals surface area contributed by atoms with Gasteiger partial charge in [-0.25, -0.2) is 4.79 Å². The Kier molecular flexibility index (Phi) is 5.76. The van der Waals surface area contributed by atoms with Crippen LogP contribution in [0.2, 0.25) is 0 Å². The number of hydrazone groups is 1. The maximum atomic E-state index is 13.8. The van der Waals surface area contributed by atoms with Crippen LogP contribution in [0.1, 0.15) is 46.9 Å². The number of para-hydroxylation sites is 1. The fourth-order valence-electron chi connectivity index (χ4n) is 4.66. The summed E-state index contributed by atoms with van der Waals surface area (Å²) in [6.45, 7) is 6.42. The van der Waals surface area contributed by atoms with Gasteiger partial charge in [-0.3, -0.25) is 15.1 Å². The predicted molar refractivity (Wildman–Crippen MR) is 135 cm³/mol. The minimum Gasteiger partial charge on any atom is -0.455 e. The quantitative estimate of drug-likeness (QED) is 0.562. The van der Waals surface area contributed by atoms with Crippen LogP contribution in [-0.4, -0.2) is 34.8 Å². The third-order valence-corrected chi connectivity index (χ3v) is 6.65. The summed E-state index contributed by atoms with van der Waals surface area (Å²) in [6.07, 6.45) is 0. The number of benzene rings is 3. The zero-order valence-corrected chi connectivity index (χ0v) is 20.1. The highest BCUT2D eigenvalue weighted by Gasteiger charge is 2.49. The third kappa shape index (κ3) is 4.14. The van der Waals surface area contributed by atoms with Gasteiger partial charge in [-0.05, 0) is 44.0 Å². The molecular weight excluding hydrogens is 440 g/mol. The van der Waals surface area contributed by atoms with E-state index in [0.717, 1.165) is 16.7 Å². The summed E-state index contributed by atoms with van der Waals surface area (Å²) >= 11 is 0. The lowest BCUT2D eigenvalue weighted by molar-refractivity contribution is -0.136. The molecule has 0 aromatic heterocycles. The monoisotopic (exact) mass is 468 g/mol. The van der Waals surface area contributed by atoms with Crippen LogP contribution < -0.4 is 10.3 Å². The molecule has 2 aliphatic heterocycles. The van der Waals surface area contributed by atoms with E-state index in [1.165, 1.54) is 0 Å². The van der Waals surface area contributed by atoms with Gasteiger partial charge in [0.25, 0.3) is 5.91 Å². The van der Waals surface area contributed by atoms with E-state index in [1.807, 2.05) is 98.5 Å². The Morgan fingerprint density at radius 3 is 2.49 bits per heavy atom. The number of esters is 1. The van der Waals surface area contributed by atoms with Crippen LogP contribution in [-0.2, 0) is 16.1 Å². The minimum absolute atomic E-state index is 0.0956. The summed E-state index contributed by atoms with van der Waals surface area (Å²) in [7, 11) is 0. The van der Waals surface area contributed by atoms with Crippen molar-refractivity contribution >= 4 is 23.4 Å². The number of rotatable bonds is 5. The average Bonchev–Trinajstić information content (AvgIpc) is 3.19. The van der Waals surface area contributed by atoms with E-state index in [-0.39, 0.29) is 24.4 Å². The van der Waals surface area contributed by atoms with Crippen LogP contribution in [0.15, 0.2) is 84.0 Å². The van der Waals surface area contributed by atoms with Gasteiger partial charge >= 0.3 is 5.97 Å². The fourth-order valence-corrected chi connectivity index (χ4v) is 4.66.